The zero-order valence-corrected chi connectivity index (χ0v) is 9.31. The molecule has 0 saturated carbocycles. The van der Waals surface area contributed by atoms with Crippen LogP contribution in [0.2, 0.25) is 0 Å². The average molecular weight is 215 g/mol. The second-order valence-electron chi connectivity index (χ2n) is 4.11. The Hall–Kier alpha value is -1.90. The van der Waals surface area contributed by atoms with Crippen molar-refractivity contribution in [3.8, 4) is 0 Å². The molecule has 3 heteroatoms. The Kier molecular flexibility index (Phi) is 2.60. The molecule has 1 aliphatic heterocycles. The van der Waals surface area contributed by atoms with E-state index >= 15 is 0 Å². The minimum Gasteiger partial charge on any atom is -0.268 e. The van der Waals surface area contributed by atoms with E-state index < -0.39 is 0 Å². The molecule has 0 N–H and O–H groups in total. The molecule has 0 radical (unpaired) electrons. The summed E-state index contributed by atoms with van der Waals surface area (Å²) in [5, 5.41) is 0. The molecule has 0 saturated heterocycles. The van der Waals surface area contributed by atoms with Gasteiger partial charge in [-0.15, -0.1) is 0 Å². The number of rotatable bonds is 2. The predicted molar refractivity (Wildman–Crippen MR) is 60.9 cm³/mol. The summed E-state index contributed by atoms with van der Waals surface area (Å²) in [6.45, 7) is 3.99. The summed E-state index contributed by atoms with van der Waals surface area (Å²) in [5.74, 6) is -0.167. The first-order valence-electron chi connectivity index (χ1n) is 5.26. The van der Waals surface area contributed by atoms with Crippen LogP contribution in [0.3, 0.4) is 0 Å². The van der Waals surface area contributed by atoms with Gasteiger partial charge in [0, 0.05) is 6.20 Å². The Morgan fingerprint density at radius 1 is 1.06 bits per heavy atom. The molecule has 0 fully saturated rings. The Balaban J connectivity index is 2.35. The SMILES string of the molecule is CC(C)/C=C/N1C(=O)c2ccccc2C1=O. The fraction of sp³-hybridized carbons (Fsp3) is 0.231. The molecule has 0 unspecified atom stereocenters. The number of carbonyl (C=O) groups excluding carboxylic acids is 2. The second kappa shape index (κ2) is 3.93. The van der Waals surface area contributed by atoms with Crippen molar-refractivity contribution in [2.45, 2.75) is 13.8 Å². The van der Waals surface area contributed by atoms with Crippen molar-refractivity contribution >= 4 is 11.8 Å². The third kappa shape index (κ3) is 1.65. The highest BCUT2D eigenvalue weighted by molar-refractivity contribution is 6.22. The summed E-state index contributed by atoms with van der Waals surface area (Å²) in [6, 6.07) is 6.89. The number of nitrogens with zero attached hydrogens (tertiary/aromatic N) is 1. The van der Waals surface area contributed by atoms with Gasteiger partial charge in [-0.3, -0.25) is 9.59 Å². The Morgan fingerprint density at radius 3 is 2.00 bits per heavy atom. The van der Waals surface area contributed by atoms with Crippen LogP contribution in [-0.2, 0) is 0 Å². The van der Waals surface area contributed by atoms with Gasteiger partial charge in [0.1, 0.15) is 0 Å². The summed E-state index contributed by atoms with van der Waals surface area (Å²) >= 11 is 0. The molecule has 1 aliphatic rings. The van der Waals surface area contributed by atoms with Crippen LogP contribution >= 0.6 is 0 Å². The van der Waals surface area contributed by atoms with E-state index in [1.54, 1.807) is 30.5 Å². The zero-order valence-electron chi connectivity index (χ0n) is 9.31. The highest BCUT2D eigenvalue weighted by atomic mass is 16.2. The summed E-state index contributed by atoms with van der Waals surface area (Å²) in [6.07, 6.45) is 3.40. The highest BCUT2D eigenvalue weighted by Gasteiger charge is 2.33. The van der Waals surface area contributed by atoms with Crippen molar-refractivity contribution in [3.63, 3.8) is 0 Å². The number of benzene rings is 1. The van der Waals surface area contributed by atoms with E-state index in [0.717, 1.165) is 0 Å². The molecule has 0 aromatic heterocycles. The first-order chi connectivity index (χ1) is 7.61. The number of hydrogen-bond donors (Lipinski definition) is 0. The number of amides is 2. The number of allylic oxidation sites excluding steroid dienone is 1. The molecule has 1 aromatic carbocycles. The Bertz CT molecular complexity index is 440. The fourth-order valence-corrected chi connectivity index (χ4v) is 1.60. The molecule has 0 atom stereocenters. The van der Waals surface area contributed by atoms with Crippen LogP contribution in [0, 0.1) is 5.92 Å². The van der Waals surface area contributed by atoms with E-state index in [2.05, 4.69) is 0 Å². The van der Waals surface area contributed by atoms with Crippen molar-refractivity contribution in [3.05, 3.63) is 47.7 Å². The smallest absolute Gasteiger partial charge is 0.265 e. The first kappa shape index (κ1) is 10.6. The topological polar surface area (TPSA) is 37.4 Å². The Labute approximate surface area is 94.4 Å². The van der Waals surface area contributed by atoms with Gasteiger partial charge in [-0.25, -0.2) is 4.90 Å². The minimum absolute atomic E-state index is 0.238. The Morgan fingerprint density at radius 2 is 1.56 bits per heavy atom. The molecule has 16 heavy (non-hydrogen) atoms. The summed E-state index contributed by atoms with van der Waals surface area (Å²) < 4.78 is 0. The molecule has 82 valence electrons. The molecule has 2 amide bonds. The molecular weight excluding hydrogens is 202 g/mol. The van der Waals surface area contributed by atoms with E-state index in [-0.39, 0.29) is 11.8 Å². The zero-order chi connectivity index (χ0) is 11.7. The maximum Gasteiger partial charge on any atom is 0.265 e. The average Bonchev–Trinajstić information content (AvgIpc) is 2.50. The van der Waals surface area contributed by atoms with E-state index in [1.165, 1.54) is 4.90 Å². The quantitative estimate of drug-likeness (QED) is 0.710. The van der Waals surface area contributed by atoms with E-state index in [9.17, 15) is 9.59 Å². The van der Waals surface area contributed by atoms with Crippen LogP contribution in [0.5, 0.6) is 0 Å². The van der Waals surface area contributed by atoms with E-state index in [4.69, 9.17) is 0 Å². The van der Waals surface area contributed by atoms with Crippen molar-refractivity contribution < 1.29 is 9.59 Å². The molecule has 1 heterocycles. The number of imide groups is 1. The monoisotopic (exact) mass is 215 g/mol. The molecule has 1 aromatic rings. The van der Waals surface area contributed by atoms with Crippen molar-refractivity contribution in [2.24, 2.45) is 5.92 Å². The van der Waals surface area contributed by atoms with Gasteiger partial charge < -0.3 is 0 Å². The lowest BCUT2D eigenvalue weighted by atomic mass is 10.1. The summed E-state index contributed by atoms with van der Waals surface area (Å²) in [7, 11) is 0. The molecule has 0 aliphatic carbocycles. The molecule has 0 spiro atoms. The predicted octanol–water partition coefficient (Wildman–Crippen LogP) is 2.45. The van der Waals surface area contributed by atoms with Crippen LogP contribution in [0.25, 0.3) is 0 Å². The van der Waals surface area contributed by atoms with Gasteiger partial charge in [0.05, 0.1) is 11.1 Å². The minimum atomic E-state index is -0.238. The standard InChI is InChI=1S/C13H13NO2/c1-9(2)7-8-14-12(15)10-5-3-4-6-11(10)13(14)16/h3-9H,1-2H3/b8-7+. The van der Waals surface area contributed by atoms with Gasteiger partial charge in [-0.2, -0.15) is 0 Å². The van der Waals surface area contributed by atoms with Crippen LogP contribution in [0.4, 0.5) is 0 Å². The van der Waals surface area contributed by atoms with Gasteiger partial charge in [0.15, 0.2) is 0 Å². The van der Waals surface area contributed by atoms with Gasteiger partial charge >= 0.3 is 0 Å². The molecule has 2 rings (SSSR count). The third-order valence-corrected chi connectivity index (χ3v) is 2.45. The first-order valence-corrected chi connectivity index (χ1v) is 5.26. The molecule has 3 nitrogen and oxygen atoms in total. The normalized spacial score (nSPS) is 15.3. The largest absolute Gasteiger partial charge is 0.268 e. The van der Waals surface area contributed by atoms with Crippen molar-refractivity contribution in [2.75, 3.05) is 0 Å². The van der Waals surface area contributed by atoms with Crippen LogP contribution in [0.15, 0.2) is 36.5 Å². The lowest BCUT2D eigenvalue weighted by Gasteiger charge is -2.07. The van der Waals surface area contributed by atoms with Crippen LogP contribution in [-0.4, -0.2) is 16.7 Å². The maximum atomic E-state index is 11.9. The van der Waals surface area contributed by atoms with Crippen LogP contribution in [0.1, 0.15) is 34.6 Å². The highest BCUT2D eigenvalue weighted by Crippen LogP contribution is 2.22. The molecule has 0 bridgehead atoms. The van der Waals surface area contributed by atoms with Gasteiger partial charge in [0.25, 0.3) is 11.8 Å². The van der Waals surface area contributed by atoms with E-state index in [1.807, 2.05) is 19.9 Å². The fourth-order valence-electron chi connectivity index (χ4n) is 1.60. The van der Waals surface area contributed by atoms with Crippen molar-refractivity contribution in [1.29, 1.82) is 0 Å². The number of hydrogen-bond acceptors (Lipinski definition) is 2. The second-order valence-corrected chi connectivity index (χ2v) is 4.11. The lowest BCUT2D eigenvalue weighted by molar-refractivity contribution is 0.0721. The third-order valence-electron chi connectivity index (χ3n) is 2.45. The summed E-state index contributed by atoms with van der Waals surface area (Å²) in [4.78, 5) is 24.9. The lowest BCUT2D eigenvalue weighted by Crippen LogP contribution is -2.23. The number of fused-ring (bicyclic) bond motifs is 1. The van der Waals surface area contributed by atoms with Gasteiger partial charge in [-0.05, 0) is 18.1 Å². The van der Waals surface area contributed by atoms with E-state index in [0.29, 0.717) is 17.0 Å². The molecular formula is C13H13NO2. The van der Waals surface area contributed by atoms with Gasteiger partial charge in [-0.1, -0.05) is 32.1 Å². The maximum absolute atomic E-state index is 11.9. The van der Waals surface area contributed by atoms with Crippen LogP contribution < -0.4 is 0 Å². The van der Waals surface area contributed by atoms with Gasteiger partial charge in [0.2, 0.25) is 0 Å². The summed E-state index contributed by atoms with van der Waals surface area (Å²) in [5.41, 5.74) is 0.974. The number of carbonyl (C=O) groups is 2. The van der Waals surface area contributed by atoms with Crippen molar-refractivity contribution in [1.82, 2.24) is 4.90 Å².